The first-order chi connectivity index (χ1) is 13.0. The Morgan fingerprint density at radius 2 is 1.89 bits per heavy atom. The molecule has 7 nitrogen and oxygen atoms in total. The number of nitrogens with zero attached hydrogens (tertiary/aromatic N) is 2. The molecule has 8 heteroatoms. The summed E-state index contributed by atoms with van der Waals surface area (Å²) in [4.78, 5) is 42.1. The molecule has 3 atom stereocenters. The number of benzene rings is 1. The average molecular weight is 374 g/mol. The largest absolute Gasteiger partial charge is 0.330 e. The molecule has 1 saturated heterocycles. The van der Waals surface area contributed by atoms with E-state index in [-0.39, 0.29) is 24.4 Å². The number of carbonyl (C=O) groups is 3. The third-order valence-electron chi connectivity index (χ3n) is 5.04. The monoisotopic (exact) mass is 374 g/mol. The van der Waals surface area contributed by atoms with Crippen LogP contribution in [0.3, 0.4) is 0 Å². The lowest BCUT2D eigenvalue weighted by molar-refractivity contribution is -0.139. The van der Waals surface area contributed by atoms with Gasteiger partial charge >= 0.3 is 6.03 Å². The number of aliphatic imine (C=N–C) groups is 1. The molecule has 2 fully saturated rings. The number of amides is 4. The lowest BCUT2D eigenvalue weighted by atomic mass is 9.91. The maximum atomic E-state index is 13.0. The molecule has 0 unspecified atom stereocenters. The highest BCUT2D eigenvalue weighted by Gasteiger charge is 2.39. The van der Waals surface area contributed by atoms with Crippen molar-refractivity contribution in [2.45, 2.75) is 44.2 Å². The Hall–Kier alpha value is -2.61. The number of imide groups is 2. The van der Waals surface area contributed by atoms with E-state index in [0.717, 1.165) is 36.1 Å². The van der Waals surface area contributed by atoms with E-state index < -0.39 is 23.8 Å². The van der Waals surface area contributed by atoms with Gasteiger partial charge < -0.3 is 5.73 Å². The van der Waals surface area contributed by atoms with Crippen molar-refractivity contribution in [3.8, 4) is 0 Å². The maximum Gasteiger partial charge on any atom is 0.330 e. The summed E-state index contributed by atoms with van der Waals surface area (Å²) < 4.78 is 13.0. The Bertz CT molecular complexity index is 750. The number of halogens is 1. The van der Waals surface area contributed by atoms with E-state index in [9.17, 15) is 18.8 Å². The first-order valence-electron chi connectivity index (χ1n) is 9.15. The van der Waals surface area contributed by atoms with Crippen molar-refractivity contribution in [3.63, 3.8) is 0 Å². The predicted octanol–water partition coefficient (Wildman–Crippen LogP) is 1.40. The molecule has 27 heavy (non-hydrogen) atoms. The van der Waals surface area contributed by atoms with Crippen LogP contribution in [0.15, 0.2) is 29.3 Å². The molecular weight excluding hydrogens is 351 g/mol. The molecule has 1 aliphatic carbocycles. The topological polar surface area (TPSA) is 105 Å². The zero-order chi connectivity index (χ0) is 19.4. The highest BCUT2D eigenvalue weighted by molar-refractivity contribution is 6.23. The number of nitrogens with two attached hydrogens (primary N) is 1. The second-order valence-electron chi connectivity index (χ2n) is 6.95. The van der Waals surface area contributed by atoms with Crippen LogP contribution in [-0.2, 0) is 16.0 Å². The summed E-state index contributed by atoms with van der Waals surface area (Å²) >= 11 is 0. The fourth-order valence-electron chi connectivity index (χ4n) is 3.39. The molecule has 3 N–H and O–H groups in total. The fourth-order valence-corrected chi connectivity index (χ4v) is 3.39. The van der Waals surface area contributed by atoms with Crippen LogP contribution >= 0.6 is 0 Å². The van der Waals surface area contributed by atoms with Crippen LogP contribution in [-0.4, -0.2) is 47.6 Å². The Kier molecular flexibility index (Phi) is 5.95. The van der Waals surface area contributed by atoms with Gasteiger partial charge in [0.1, 0.15) is 5.82 Å². The lowest BCUT2D eigenvalue weighted by Gasteiger charge is -2.29. The number of urea groups is 1. The van der Waals surface area contributed by atoms with Crippen LogP contribution in [0.2, 0.25) is 0 Å². The van der Waals surface area contributed by atoms with Gasteiger partial charge in [-0.15, -0.1) is 0 Å². The van der Waals surface area contributed by atoms with Crippen molar-refractivity contribution >= 4 is 24.1 Å². The Labute approximate surface area is 156 Å². The van der Waals surface area contributed by atoms with E-state index in [1.54, 1.807) is 12.1 Å². The van der Waals surface area contributed by atoms with Crippen molar-refractivity contribution in [1.82, 2.24) is 10.2 Å². The van der Waals surface area contributed by atoms with E-state index in [2.05, 4.69) is 10.3 Å². The van der Waals surface area contributed by atoms with Gasteiger partial charge in [-0.1, -0.05) is 25.0 Å². The van der Waals surface area contributed by atoms with Gasteiger partial charge in [-0.3, -0.25) is 24.8 Å². The normalized spacial score (nSPS) is 26.5. The first kappa shape index (κ1) is 19.2. The third-order valence-corrected chi connectivity index (χ3v) is 5.04. The molecule has 1 aromatic carbocycles. The van der Waals surface area contributed by atoms with Crippen LogP contribution in [0.25, 0.3) is 0 Å². The molecule has 144 valence electrons. The van der Waals surface area contributed by atoms with Crippen LogP contribution in [0.4, 0.5) is 9.18 Å². The van der Waals surface area contributed by atoms with Crippen LogP contribution in [0, 0.1) is 11.7 Å². The quantitative estimate of drug-likeness (QED) is 0.600. The minimum Gasteiger partial charge on any atom is -0.326 e. The van der Waals surface area contributed by atoms with Gasteiger partial charge in [0.2, 0.25) is 11.8 Å². The predicted molar refractivity (Wildman–Crippen MR) is 97.6 cm³/mol. The Morgan fingerprint density at radius 1 is 1.19 bits per heavy atom. The molecule has 3 rings (SSSR count). The van der Waals surface area contributed by atoms with Gasteiger partial charge in [-0.25, -0.2) is 9.18 Å². The van der Waals surface area contributed by atoms with Gasteiger partial charge in [0.05, 0.1) is 6.04 Å². The van der Waals surface area contributed by atoms with Gasteiger partial charge in [0.25, 0.3) is 0 Å². The summed E-state index contributed by atoms with van der Waals surface area (Å²) in [5.41, 5.74) is 6.83. The zero-order valence-electron chi connectivity index (χ0n) is 14.9. The summed E-state index contributed by atoms with van der Waals surface area (Å²) in [6.07, 6.45) is 5.46. The summed E-state index contributed by atoms with van der Waals surface area (Å²) in [6.45, 7) is 0.0941. The average Bonchev–Trinajstić information content (AvgIpc) is 2.64. The van der Waals surface area contributed by atoms with Crippen molar-refractivity contribution in [2.75, 3.05) is 6.54 Å². The first-order valence-corrected chi connectivity index (χ1v) is 9.15. The number of barbiturate groups is 1. The van der Waals surface area contributed by atoms with Crippen molar-refractivity contribution in [2.24, 2.45) is 16.6 Å². The summed E-state index contributed by atoms with van der Waals surface area (Å²) in [7, 11) is 0. The standard InChI is InChI=1S/C19H23FN4O3/c20-13-7-5-12(6-8-13)9-10-24-18(26)14(17(25)23-19(24)27)11-22-16-4-2-1-3-15(16)21/h5-8,11,14-16H,1-4,9-10,21H2,(H,23,25,27)/t14-,15-,16-/m0/s1. The lowest BCUT2D eigenvalue weighted by Crippen LogP contribution is -2.58. The highest BCUT2D eigenvalue weighted by Crippen LogP contribution is 2.20. The number of carbonyl (C=O) groups excluding carboxylic acids is 3. The molecule has 1 aliphatic heterocycles. The molecular formula is C19H23FN4O3. The summed E-state index contributed by atoms with van der Waals surface area (Å²) in [5.74, 6) is -2.76. The maximum absolute atomic E-state index is 13.0. The second-order valence-corrected chi connectivity index (χ2v) is 6.95. The van der Waals surface area contributed by atoms with E-state index in [1.807, 2.05) is 0 Å². The molecule has 0 bridgehead atoms. The minimum absolute atomic E-state index is 0.0760. The second kappa shape index (κ2) is 8.39. The van der Waals surface area contributed by atoms with Gasteiger partial charge in [0, 0.05) is 18.8 Å². The van der Waals surface area contributed by atoms with Crippen LogP contribution < -0.4 is 11.1 Å². The molecule has 1 saturated carbocycles. The summed E-state index contributed by atoms with van der Waals surface area (Å²) in [6, 6.07) is 4.90. The van der Waals surface area contributed by atoms with E-state index in [0.29, 0.717) is 6.42 Å². The molecule has 1 aromatic rings. The van der Waals surface area contributed by atoms with Crippen molar-refractivity contribution in [1.29, 1.82) is 0 Å². The fraction of sp³-hybridized carbons (Fsp3) is 0.474. The minimum atomic E-state index is -1.13. The smallest absolute Gasteiger partial charge is 0.326 e. The molecule has 0 aromatic heterocycles. The zero-order valence-corrected chi connectivity index (χ0v) is 14.9. The molecule has 4 amide bonds. The SMILES string of the molecule is N[C@H]1CCCC[C@@H]1N=C[C@H]1C(=O)NC(=O)N(CCc2ccc(F)cc2)C1=O. The van der Waals surface area contributed by atoms with E-state index >= 15 is 0 Å². The molecule has 0 spiro atoms. The van der Waals surface area contributed by atoms with Crippen LogP contribution in [0.1, 0.15) is 31.2 Å². The van der Waals surface area contributed by atoms with Gasteiger partial charge in [0.15, 0.2) is 5.92 Å². The summed E-state index contributed by atoms with van der Waals surface area (Å²) in [5, 5.41) is 2.20. The van der Waals surface area contributed by atoms with Gasteiger partial charge in [-0.05, 0) is 37.0 Å². The molecule has 2 aliphatic rings. The van der Waals surface area contributed by atoms with E-state index in [4.69, 9.17) is 5.73 Å². The Morgan fingerprint density at radius 3 is 2.59 bits per heavy atom. The molecule has 0 radical (unpaired) electrons. The third kappa shape index (κ3) is 4.57. The number of hydrogen-bond donors (Lipinski definition) is 2. The number of rotatable bonds is 5. The molecule has 1 heterocycles. The van der Waals surface area contributed by atoms with Gasteiger partial charge in [-0.2, -0.15) is 0 Å². The van der Waals surface area contributed by atoms with E-state index in [1.165, 1.54) is 18.3 Å². The Balaban J connectivity index is 1.66. The van der Waals surface area contributed by atoms with Crippen molar-refractivity contribution < 1.29 is 18.8 Å². The highest BCUT2D eigenvalue weighted by atomic mass is 19.1. The van der Waals surface area contributed by atoms with Crippen LogP contribution in [0.5, 0.6) is 0 Å². The number of hydrogen-bond acceptors (Lipinski definition) is 5. The number of nitrogens with one attached hydrogen (secondary N) is 1. The van der Waals surface area contributed by atoms with Crippen molar-refractivity contribution in [3.05, 3.63) is 35.6 Å².